The zero-order valence-corrected chi connectivity index (χ0v) is 22.2. The Morgan fingerprint density at radius 3 is 1.82 bits per heavy atom. The molecule has 0 bridgehead atoms. The van der Waals surface area contributed by atoms with Crippen molar-refractivity contribution in [2.24, 2.45) is 0 Å². The summed E-state index contributed by atoms with van der Waals surface area (Å²) in [5.74, 6) is -0.0942. The summed E-state index contributed by atoms with van der Waals surface area (Å²) in [5.41, 5.74) is 2.94. The van der Waals surface area contributed by atoms with E-state index in [4.69, 9.17) is 23.7 Å². The van der Waals surface area contributed by atoms with Gasteiger partial charge >= 0.3 is 17.9 Å². The number of carbonyl (C=O) groups is 3. The first-order chi connectivity index (χ1) is 18.1. The van der Waals surface area contributed by atoms with Gasteiger partial charge in [-0.2, -0.15) is 0 Å². The van der Waals surface area contributed by atoms with Crippen LogP contribution in [-0.2, 0) is 30.3 Å². The molecule has 0 aromatic heterocycles. The first-order valence-corrected chi connectivity index (χ1v) is 12.1. The molecular formula is C30H34O8. The maximum absolute atomic E-state index is 11.8. The molecule has 2 rings (SSSR count). The number of esters is 3. The largest absolute Gasteiger partial charge is 0.486 e. The Labute approximate surface area is 223 Å². The molecule has 0 saturated carbocycles. The second kappa shape index (κ2) is 15.0. The van der Waals surface area contributed by atoms with Crippen LogP contribution in [0.25, 0.3) is 0 Å². The molecule has 0 aliphatic rings. The third-order valence-electron chi connectivity index (χ3n) is 5.11. The summed E-state index contributed by atoms with van der Waals surface area (Å²) >= 11 is 0. The Hall–Kier alpha value is -4.33. The minimum Gasteiger partial charge on any atom is -0.486 e. The predicted octanol–water partition coefficient (Wildman–Crippen LogP) is 5.15. The lowest BCUT2D eigenvalue weighted by atomic mass is 10.0. The van der Waals surface area contributed by atoms with E-state index in [0.717, 1.165) is 11.1 Å². The number of benzene rings is 2. The fraction of sp³-hybridized carbons (Fsp3) is 0.300. The molecule has 0 aliphatic carbocycles. The molecule has 38 heavy (non-hydrogen) atoms. The van der Waals surface area contributed by atoms with Gasteiger partial charge in [-0.3, -0.25) is 0 Å². The lowest BCUT2D eigenvalue weighted by Gasteiger charge is -2.15. The molecule has 0 heterocycles. The Kier molecular flexibility index (Phi) is 11.8. The highest BCUT2D eigenvalue weighted by Crippen LogP contribution is 2.30. The highest BCUT2D eigenvalue weighted by Gasteiger charge is 2.11. The molecule has 2 aromatic carbocycles. The Morgan fingerprint density at radius 1 is 0.684 bits per heavy atom. The van der Waals surface area contributed by atoms with Gasteiger partial charge in [0.1, 0.15) is 32.2 Å². The first-order valence-electron chi connectivity index (χ1n) is 12.1. The summed E-state index contributed by atoms with van der Waals surface area (Å²) in [4.78, 5) is 35.1. The van der Waals surface area contributed by atoms with Gasteiger partial charge in [0.2, 0.25) is 0 Å². The van der Waals surface area contributed by atoms with Crippen molar-refractivity contribution in [3.05, 3.63) is 90.0 Å². The van der Waals surface area contributed by atoms with Crippen LogP contribution < -0.4 is 14.2 Å². The highest BCUT2D eigenvalue weighted by molar-refractivity contribution is 5.89. The molecule has 202 valence electrons. The summed E-state index contributed by atoms with van der Waals surface area (Å²) in [5, 5.41) is 0. The average Bonchev–Trinajstić information content (AvgIpc) is 2.90. The minimum atomic E-state index is -0.490. The highest BCUT2D eigenvalue weighted by atomic mass is 16.6. The summed E-state index contributed by atoms with van der Waals surface area (Å²) < 4.78 is 27.1. The SMILES string of the molecule is C=C(C)C(=O)OCCOc1ccc(Cc2ccc(OC(=O)C(=C)C)cc2)cc1OCCOC(=O)C(=C)CC. The number of hydrogen-bond donors (Lipinski definition) is 0. The second-order valence-corrected chi connectivity index (χ2v) is 8.48. The van der Waals surface area contributed by atoms with Crippen molar-refractivity contribution in [2.45, 2.75) is 33.6 Å². The van der Waals surface area contributed by atoms with Crippen LogP contribution in [0.2, 0.25) is 0 Å². The fourth-order valence-electron chi connectivity index (χ4n) is 2.94. The van der Waals surface area contributed by atoms with Crippen LogP contribution in [0.15, 0.2) is 78.9 Å². The quantitative estimate of drug-likeness (QED) is 0.137. The summed E-state index contributed by atoms with van der Waals surface area (Å²) in [6.45, 7) is 16.1. The summed E-state index contributed by atoms with van der Waals surface area (Å²) in [6.07, 6.45) is 1.08. The van der Waals surface area contributed by atoms with Gasteiger partial charge in [-0.15, -0.1) is 0 Å². The van der Waals surface area contributed by atoms with Crippen LogP contribution in [0.3, 0.4) is 0 Å². The predicted molar refractivity (Wildman–Crippen MR) is 143 cm³/mol. The number of ether oxygens (including phenoxy) is 5. The van der Waals surface area contributed by atoms with Crippen molar-refractivity contribution in [3.8, 4) is 17.2 Å². The van der Waals surface area contributed by atoms with Crippen molar-refractivity contribution >= 4 is 17.9 Å². The average molecular weight is 523 g/mol. The van der Waals surface area contributed by atoms with E-state index < -0.39 is 17.9 Å². The maximum Gasteiger partial charge on any atom is 0.338 e. The molecular weight excluding hydrogens is 488 g/mol. The lowest BCUT2D eigenvalue weighted by Crippen LogP contribution is -2.15. The Morgan fingerprint density at radius 2 is 1.24 bits per heavy atom. The standard InChI is InChI=1S/C30H34O8/c1-7-22(6)30(33)37-17-15-35-27-19-24(10-13-26(27)34-14-16-36-28(31)20(2)3)18-23-8-11-25(12-9-23)38-29(32)21(4)5/h8-13,19H,2,4,6-7,14-18H2,1,3,5H3. The van der Waals surface area contributed by atoms with E-state index in [1.165, 1.54) is 0 Å². The van der Waals surface area contributed by atoms with E-state index in [1.807, 2.05) is 31.2 Å². The number of hydrogen-bond acceptors (Lipinski definition) is 8. The Balaban J connectivity index is 2.07. The van der Waals surface area contributed by atoms with Gasteiger partial charge in [0.15, 0.2) is 11.5 Å². The van der Waals surface area contributed by atoms with Crippen LogP contribution in [0.1, 0.15) is 38.3 Å². The minimum absolute atomic E-state index is 0.0438. The topological polar surface area (TPSA) is 97.4 Å². The molecule has 2 aromatic rings. The lowest BCUT2D eigenvalue weighted by molar-refractivity contribution is -0.140. The maximum atomic E-state index is 11.8. The van der Waals surface area contributed by atoms with E-state index in [1.54, 1.807) is 32.0 Å². The van der Waals surface area contributed by atoms with E-state index in [9.17, 15) is 14.4 Å². The van der Waals surface area contributed by atoms with Gasteiger partial charge in [0.05, 0.1) is 0 Å². The molecule has 0 saturated heterocycles. The van der Waals surface area contributed by atoms with Crippen LogP contribution in [-0.4, -0.2) is 44.3 Å². The number of carbonyl (C=O) groups excluding carboxylic acids is 3. The number of rotatable bonds is 15. The van der Waals surface area contributed by atoms with E-state index in [-0.39, 0.29) is 26.4 Å². The van der Waals surface area contributed by atoms with E-state index in [0.29, 0.717) is 46.8 Å². The first kappa shape index (κ1) is 29.9. The molecule has 0 N–H and O–H groups in total. The molecule has 0 spiro atoms. The molecule has 8 nitrogen and oxygen atoms in total. The fourth-order valence-corrected chi connectivity index (χ4v) is 2.94. The van der Waals surface area contributed by atoms with Crippen molar-refractivity contribution < 1.29 is 38.1 Å². The molecule has 0 unspecified atom stereocenters. The van der Waals surface area contributed by atoms with Gasteiger partial charge in [-0.25, -0.2) is 14.4 Å². The van der Waals surface area contributed by atoms with Crippen molar-refractivity contribution in [2.75, 3.05) is 26.4 Å². The third kappa shape index (κ3) is 9.97. The molecule has 0 radical (unpaired) electrons. The van der Waals surface area contributed by atoms with Crippen molar-refractivity contribution in [1.29, 1.82) is 0 Å². The molecule has 0 atom stereocenters. The molecule has 0 aliphatic heterocycles. The van der Waals surface area contributed by atoms with Crippen LogP contribution in [0, 0.1) is 0 Å². The van der Waals surface area contributed by atoms with Crippen LogP contribution in [0.5, 0.6) is 17.2 Å². The van der Waals surface area contributed by atoms with Crippen molar-refractivity contribution in [3.63, 3.8) is 0 Å². The summed E-state index contributed by atoms with van der Waals surface area (Å²) in [7, 11) is 0. The molecule has 0 amide bonds. The van der Waals surface area contributed by atoms with Crippen LogP contribution >= 0.6 is 0 Å². The monoisotopic (exact) mass is 522 g/mol. The second-order valence-electron chi connectivity index (χ2n) is 8.48. The van der Waals surface area contributed by atoms with Gasteiger partial charge < -0.3 is 23.7 Å². The molecule has 0 fully saturated rings. The van der Waals surface area contributed by atoms with Gasteiger partial charge in [0, 0.05) is 16.7 Å². The smallest absolute Gasteiger partial charge is 0.338 e. The molecule has 8 heteroatoms. The van der Waals surface area contributed by atoms with Gasteiger partial charge in [-0.05, 0) is 62.1 Å². The van der Waals surface area contributed by atoms with Crippen LogP contribution in [0.4, 0.5) is 0 Å². The zero-order valence-electron chi connectivity index (χ0n) is 22.2. The zero-order chi connectivity index (χ0) is 28.1. The third-order valence-corrected chi connectivity index (χ3v) is 5.11. The normalized spacial score (nSPS) is 10.2. The van der Waals surface area contributed by atoms with Crippen molar-refractivity contribution in [1.82, 2.24) is 0 Å². The van der Waals surface area contributed by atoms with Gasteiger partial charge in [-0.1, -0.05) is 44.9 Å². The van der Waals surface area contributed by atoms with Gasteiger partial charge in [0.25, 0.3) is 0 Å². The Bertz CT molecular complexity index is 1180. The van der Waals surface area contributed by atoms with E-state index in [2.05, 4.69) is 19.7 Å². The van der Waals surface area contributed by atoms with E-state index >= 15 is 0 Å². The summed E-state index contributed by atoms with van der Waals surface area (Å²) in [6, 6.07) is 12.6.